The smallest absolute Gasteiger partial charge is 0.0186 e. The van der Waals surface area contributed by atoms with Crippen LogP contribution in [0.3, 0.4) is 0 Å². The summed E-state index contributed by atoms with van der Waals surface area (Å²) in [5.74, 6) is 2.23. The molecule has 2 unspecified atom stereocenters. The molecule has 60 valence electrons. The van der Waals surface area contributed by atoms with Gasteiger partial charge in [0.2, 0.25) is 0 Å². The topological polar surface area (TPSA) is 3.24 Å². The highest BCUT2D eigenvalue weighted by atomic mass is 32.2. The third kappa shape index (κ3) is 1.89. The van der Waals surface area contributed by atoms with Gasteiger partial charge < -0.3 is 4.90 Å². The minimum atomic E-state index is 0.852. The fourth-order valence-electron chi connectivity index (χ4n) is 1.75. The zero-order valence-electron chi connectivity index (χ0n) is 7.13. The number of likely N-dealkylation sites (tertiary alicyclic amines) is 1. The summed E-state index contributed by atoms with van der Waals surface area (Å²) in [6.07, 6.45) is 3.59. The number of hydrogen-bond acceptors (Lipinski definition) is 2. The van der Waals surface area contributed by atoms with Crippen LogP contribution in [0.15, 0.2) is 0 Å². The highest BCUT2D eigenvalue weighted by Gasteiger charge is 2.25. The monoisotopic (exact) mass is 159 g/mol. The molecule has 1 nitrogen and oxygen atoms in total. The SMILES string of the molecule is CSCC1CC(C)CN1C. The summed E-state index contributed by atoms with van der Waals surface area (Å²) < 4.78 is 0. The van der Waals surface area contributed by atoms with Gasteiger partial charge in [-0.2, -0.15) is 11.8 Å². The predicted octanol–water partition coefficient (Wildman–Crippen LogP) is 1.69. The Balaban J connectivity index is 2.31. The summed E-state index contributed by atoms with van der Waals surface area (Å²) in [7, 11) is 2.24. The molecule has 0 aromatic heterocycles. The van der Waals surface area contributed by atoms with Crippen molar-refractivity contribution in [3.63, 3.8) is 0 Å². The quantitative estimate of drug-likeness (QED) is 0.603. The van der Waals surface area contributed by atoms with Gasteiger partial charge >= 0.3 is 0 Å². The Kier molecular flexibility index (Phi) is 3.05. The van der Waals surface area contributed by atoms with Crippen molar-refractivity contribution < 1.29 is 0 Å². The van der Waals surface area contributed by atoms with Crippen LogP contribution in [0.1, 0.15) is 13.3 Å². The molecule has 1 heterocycles. The molecule has 0 radical (unpaired) electrons. The largest absolute Gasteiger partial charge is 0.302 e. The van der Waals surface area contributed by atoms with Gasteiger partial charge in [0.25, 0.3) is 0 Å². The van der Waals surface area contributed by atoms with Gasteiger partial charge in [0.15, 0.2) is 0 Å². The first-order valence-corrected chi connectivity index (χ1v) is 5.32. The van der Waals surface area contributed by atoms with Gasteiger partial charge in [0.1, 0.15) is 0 Å². The van der Waals surface area contributed by atoms with Crippen molar-refractivity contribution in [3.8, 4) is 0 Å². The lowest BCUT2D eigenvalue weighted by Gasteiger charge is -2.17. The van der Waals surface area contributed by atoms with Gasteiger partial charge in [0.05, 0.1) is 0 Å². The molecule has 1 rings (SSSR count). The lowest BCUT2D eigenvalue weighted by atomic mass is 10.1. The molecule has 0 aromatic rings. The van der Waals surface area contributed by atoms with Crippen LogP contribution in [0.4, 0.5) is 0 Å². The molecule has 2 atom stereocenters. The van der Waals surface area contributed by atoms with E-state index in [0.29, 0.717) is 0 Å². The molecule has 0 saturated carbocycles. The molecule has 1 aliphatic heterocycles. The van der Waals surface area contributed by atoms with E-state index in [1.807, 2.05) is 11.8 Å². The van der Waals surface area contributed by atoms with E-state index in [1.165, 1.54) is 18.7 Å². The predicted molar refractivity (Wildman–Crippen MR) is 48.6 cm³/mol. The summed E-state index contributed by atoms with van der Waals surface area (Å²) in [6.45, 7) is 3.64. The molecule has 0 spiro atoms. The van der Waals surface area contributed by atoms with E-state index in [9.17, 15) is 0 Å². The maximum absolute atomic E-state index is 2.49. The Labute approximate surface area is 68.2 Å². The molecule has 0 bridgehead atoms. The Morgan fingerprint density at radius 1 is 1.60 bits per heavy atom. The van der Waals surface area contributed by atoms with E-state index in [0.717, 1.165) is 12.0 Å². The van der Waals surface area contributed by atoms with E-state index < -0.39 is 0 Å². The zero-order chi connectivity index (χ0) is 7.56. The summed E-state index contributed by atoms with van der Waals surface area (Å²) >= 11 is 1.96. The second kappa shape index (κ2) is 3.63. The van der Waals surface area contributed by atoms with Gasteiger partial charge in [-0.3, -0.25) is 0 Å². The van der Waals surface area contributed by atoms with Crippen molar-refractivity contribution in [2.75, 3.05) is 25.6 Å². The molecule has 0 N–H and O–H groups in total. The van der Waals surface area contributed by atoms with Crippen LogP contribution in [0.25, 0.3) is 0 Å². The van der Waals surface area contributed by atoms with Crippen molar-refractivity contribution in [1.82, 2.24) is 4.90 Å². The Hall–Kier alpha value is 0.310. The van der Waals surface area contributed by atoms with Crippen LogP contribution in [0, 0.1) is 5.92 Å². The van der Waals surface area contributed by atoms with Crippen LogP contribution < -0.4 is 0 Å². The van der Waals surface area contributed by atoms with Crippen molar-refractivity contribution in [2.45, 2.75) is 19.4 Å². The minimum absolute atomic E-state index is 0.852. The van der Waals surface area contributed by atoms with Gasteiger partial charge in [-0.05, 0) is 25.6 Å². The second-order valence-corrected chi connectivity index (χ2v) is 4.30. The molecule has 0 aliphatic carbocycles. The highest BCUT2D eigenvalue weighted by molar-refractivity contribution is 7.98. The molecule has 1 saturated heterocycles. The van der Waals surface area contributed by atoms with Crippen molar-refractivity contribution in [2.24, 2.45) is 5.92 Å². The third-order valence-corrected chi connectivity index (χ3v) is 2.97. The fourth-order valence-corrected chi connectivity index (χ4v) is 2.52. The average molecular weight is 159 g/mol. The molecule has 0 amide bonds. The maximum Gasteiger partial charge on any atom is 0.0186 e. The van der Waals surface area contributed by atoms with Gasteiger partial charge in [0, 0.05) is 18.3 Å². The Bertz CT molecular complexity index is 105. The van der Waals surface area contributed by atoms with Gasteiger partial charge in [-0.15, -0.1) is 0 Å². The van der Waals surface area contributed by atoms with Crippen LogP contribution >= 0.6 is 11.8 Å². The summed E-state index contributed by atoms with van der Waals surface area (Å²) in [5.41, 5.74) is 0. The van der Waals surface area contributed by atoms with E-state index in [1.54, 1.807) is 0 Å². The average Bonchev–Trinajstić information content (AvgIpc) is 2.13. The number of hydrogen-bond donors (Lipinski definition) is 0. The Morgan fingerprint density at radius 2 is 2.30 bits per heavy atom. The first-order chi connectivity index (χ1) is 4.74. The van der Waals surface area contributed by atoms with Crippen molar-refractivity contribution in [1.29, 1.82) is 0 Å². The zero-order valence-corrected chi connectivity index (χ0v) is 7.95. The third-order valence-electron chi connectivity index (χ3n) is 2.26. The molecule has 0 aromatic carbocycles. The number of rotatable bonds is 2. The molecule has 1 aliphatic rings. The highest BCUT2D eigenvalue weighted by Crippen LogP contribution is 2.22. The molecule has 10 heavy (non-hydrogen) atoms. The first kappa shape index (κ1) is 8.41. The van der Waals surface area contributed by atoms with Gasteiger partial charge in [-0.1, -0.05) is 6.92 Å². The van der Waals surface area contributed by atoms with Crippen LogP contribution in [-0.2, 0) is 0 Å². The summed E-state index contributed by atoms with van der Waals surface area (Å²) in [5, 5.41) is 0. The van der Waals surface area contributed by atoms with E-state index in [4.69, 9.17) is 0 Å². The molecular formula is C8H17NS. The van der Waals surface area contributed by atoms with E-state index in [-0.39, 0.29) is 0 Å². The fraction of sp³-hybridized carbons (Fsp3) is 1.00. The second-order valence-electron chi connectivity index (χ2n) is 3.39. The standard InChI is InChI=1S/C8H17NS/c1-7-4-8(6-10-3)9(2)5-7/h7-8H,4-6H2,1-3H3. The minimum Gasteiger partial charge on any atom is -0.302 e. The van der Waals surface area contributed by atoms with E-state index in [2.05, 4.69) is 25.1 Å². The van der Waals surface area contributed by atoms with Gasteiger partial charge in [-0.25, -0.2) is 0 Å². The van der Waals surface area contributed by atoms with E-state index >= 15 is 0 Å². The molecule has 2 heteroatoms. The maximum atomic E-state index is 2.49. The number of nitrogens with zero attached hydrogens (tertiary/aromatic N) is 1. The van der Waals surface area contributed by atoms with Crippen LogP contribution in [-0.4, -0.2) is 36.5 Å². The van der Waals surface area contributed by atoms with Crippen molar-refractivity contribution in [3.05, 3.63) is 0 Å². The Morgan fingerprint density at radius 3 is 2.70 bits per heavy atom. The number of thioether (sulfide) groups is 1. The van der Waals surface area contributed by atoms with Crippen molar-refractivity contribution >= 4 is 11.8 Å². The summed E-state index contributed by atoms with van der Waals surface area (Å²) in [6, 6.07) is 0.852. The summed E-state index contributed by atoms with van der Waals surface area (Å²) in [4.78, 5) is 2.49. The molecule has 1 fully saturated rings. The first-order valence-electron chi connectivity index (χ1n) is 3.93. The lowest BCUT2D eigenvalue weighted by molar-refractivity contribution is 0.331. The lowest BCUT2D eigenvalue weighted by Crippen LogP contribution is -2.26. The molecular weight excluding hydrogens is 142 g/mol. The van der Waals surface area contributed by atoms with Crippen LogP contribution in [0.2, 0.25) is 0 Å². The van der Waals surface area contributed by atoms with Crippen LogP contribution in [0.5, 0.6) is 0 Å². The normalized spacial score (nSPS) is 35.1.